The maximum atomic E-state index is 4.65. The highest BCUT2D eigenvalue weighted by atomic mass is 32.1. The SMILES string of the molecule is CC(C)(C)c1cnc(CN2CCNCC2c2ccncc2)s1. The van der Waals surface area contributed by atoms with E-state index in [0.29, 0.717) is 6.04 Å². The highest BCUT2D eigenvalue weighted by molar-refractivity contribution is 7.11. The summed E-state index contributed by atoms with van der Waals surface area (Å²) in [7, 11) is 0. The molecule has 0 amide bonds. The first-order valence-corrected chi connectivity index (χ1v) is 8.65. The molecule has 0 saturated carbocycles. The van der Waals surface area contributed by atoms with Gasteiger partial charge in [-0.1, -0.05) is 20.8 Å². The molecule has 4 nitrogen and oxygen atoms in total. The van der Waals surface area contributed by atoms with E-state index in [0.717, 1.165) is 26.2 Å². The Morgan fingerprint density at radius 2 is 2.09 bits per heavy atom. The van der Waals surface area contributed by atoms with E-state index >= 15 is 0 Å². The second kappa shape index (κ2) is 6.44. The van der Waals surface area contributed by atoms with E-state index in [2.05, 4.69) is 53.1 Å². The molecule has 0 spiro atoms. The molecular formula is C17H24N4S. The van der Waals surface area contributed by atoms with Crippen molar-refractivity contribution in [2.24, 2.45) is 0 Å². The van der Waals surface area contributed by atoms with Crippen LogP contribution >= 0.6 is 11.3 Å². The zero-order chi connectivity index (χ0) is 15.6. The summed E-state index contributed by atoms with van der Waals surface area (Å²) in [5, 5.41) is 4.71. The Kier molecular flexibility index (Phi) is 4.57. The van der Waals surface area contributed by atoms with Gasteiger partial charge < -0.3 is 5.32 Å². The van der Waals surface area contributed by atoms with Crippen molar-refractivity contribution in [1.29, 1.82) is 0 Å². The van der Waals surface area contributed by atoms with Gasteiger partial charge in [-0.15, -0.1) is 11.3 Å². The fourth-order valence-electron chi connectivity index (χ4n) is 2.75. The molecule has 5 heteroatoms. The number of aromatic nitrogens is 2. The average molecular weight is 316 g/mol. The monoisotopic (exact) mass is 316 g/mol. The van der Waals surface area contributed by atoms with Crippen LogP contribution in [0.15, 0.2) is 30.7 Å². The van der Waals surface area contributed by atoms with Gasteiger partial charge >= 0.3 is 0 Å². The molecule has 22 heavy (non-hydrogen) atoms. The van der Waals surface area contributed by atoms with Crippen LogP contribution < -0.4 is 5.32 Å². The zero-order valence-corrected chi connectivity index (χ0v) is 14.4. The average Bonchev–Trinajstić information content (AvgIpc) is 2.97. The highest BCUT2D eigenvalue weighted by Crippen LogP contribution is 2.30. The van der Waals surface area contributed by atoms with Crippen molar-refractivity contribution in [3.63, 3.8) is 0 Å². The summed E-state index contributed by atoms with van der Waals surface area (Å²) < 4.78 is 0. The van der Waals surface area contributed by atoms with Crippen LogP contribution in [0.1, 0.15) is 42.3 Å². The van der Waals surface area contributed by atoms with Gasteiger partial charge in [0.2, 0.25) is 0 Å². The topological polar surface area (TPSA) is 41.1 Å². The molecule has 3 rings (SSSR count). The van der Waals surface area contributed by atoms with Crippen molar-refractivity contribution >= 4 is 11.3 Å². The Morgan fingerprint density at radius 1 is 1.32 bits per heavy atom. The van der Waals surface area contributed by atoms with Crippen molar-refractivity contribution in [2.45, 2.75) is 38.8 Å². The predicted molar refractivity (Wildman–Crippen MR) is 91.1 cm³/mol. The molecule has 0 bridgehead atoms. The van der Waals surface area contributed by atoms with Crippen LogP contribution in [-0.4, -0.2) is 34.5 Å². The van der Waals surface area contributed by atoms with Gasteiger partial charge in [-0.3, -0.25) is 9.88 Å². The van der Waals surface area contributed by atoms with Crippen LogP contribution in [0.2, 0.25) is 0 Å². The first-order valence-electron chi connectivity index (χ1n) is 7.84. The maximum absolute atomic E-state index is 4.65. The standard InChI is InChI=1S/C17H24N4S/c1-17(2,3)15-11-20-16(22-15)12-21-9-8-19-10-14(21)13-4-6-18-7-5-13/h4-7,11,14,19H,8-10,12H2,1-3H3. The van der Waals surface area contributed by atoms with Gasteiger partial charge in [0, 0.05) is 49.1 Å². The Morgan fingerprint density at radius 3 is 2.77 bits per heavy atom. The molecule has 3 heterocycles. The summed E-state index contributed by atoms with van der Waals surface area (Å²) in [6.07, 6.45) is 5.80. The van der Waals surface area contributed by atoms with Gasteiger partial charge in [-0.2, -0.15) is 0 Å². The number of thiazole rings is 1. The molecule has 0 radical (unpaired) electrons. The lowest BCUT2D eigenvalue weighted by Crippen LogP contribution is -2.45. The largest absolute Gasteiger partial charge is 0.314 e. The van der Waals surface area contributed by atoms with E-state index in [9.17, 15) is 0 Å². The molecule has 1 fully saturated rings. The first-order chi connectivity index (χ1) is 10.5. The zero-order valence-electron chi connectivity index (χ0n) is 13.5. The van der Waals surface area contributed by atoms with E-state index in [-0.39, 0.29) is 5.41 Å². The van der Waals surface area contributed by atoms with E-state index in [1.165, 1.54) is 15.4 Å². The van der Waals surface area contributed by atoms with Crippen LogP contribution in [0.3, 0.4) is 0 Å². The van der Waals surface area contributed by atoms with Crippen molar-refractivity contribution in [2.75, 3.05) is 19.6 Å². The molecule has 1 aliphatic rings. The minimum absolute atomic E-state index is 0.184. The van der Waals surface area contributed by atoms with Gasteiger partial charge in [-0.25, -0.2) is 4.98 Å². The van der Waals surface area contributed by atoms with Crippen LogP contribution in [0, 0.1) is 0 Å². The number of hydrogen-bond donors (Lipinski definition) is 1. The van der Waals surface area contributed by atoms with Gasteiger partial charge in [-0.05, 0) is 23.1 Å². The van der Waals surface area contributed by atoms with Gasteiger partial charge in [0.15, 0.2) is 0 Å². The van der Waals surface area contributed by atoms with Gasteiger partial charge in [0.25, 0.3) is 0 Å². The lowest BCUT2D eigenvalue weighted by molar-refractivity contribution is 0.153. The molecule has 1 aliphatic heterocycles. The van der Waals surface area contributed by atoms with E-state index < -0.39 is 0 Å². The number of nitrogens with zero attached hydrogens (tertiary/aromatic N) is 3. The molecule has 2 aromatic rings. The summed E-state index contributed by atoms with van der Waals surface area (Å²) >= 11 is 1.85. The molecule has 1 atom stereocenters. The number of nitrogens with one attached hydrogen (secondary N) is 1. The number of pyridine rings is 1. The predicted octanol–water partition coefficient (Wildman–Crippen LogP) is 2.98. The molecule has 0 aromatic carbocycles. The van der Waals surface area contributed by atoms with Crippen molar-refractivity contribution in [3.05, 3.63) is 46.2 Å². The number of hydrogen-bond acceptors (Lipinski definition) is 5. The molecular weight excluding hydrogens is 292 g/mol. The third kappa shape index (κ3) is 3.54. The van der Waals surface area contributed by atoms with E-state index in [4.69, 9.17) is 0 Å². The Labute approximate surface area is 136 Å². The highest BCUT2D eigenvalue weighted by Gasteiger charge is 2.25. The Hall–Kier alpha value is -1.30. The summed E-state index contributed by atoms with van der Waals surface area (Å²) in [5.74, 6) is 0. The maximum Gasteiger partial charge on any atom is 0.107 e. The Balaban J connectivity index is 1.76. The second-order valence-electron chi connectivity index (χ2n) is 6.84. The summed E-state index contributed by atoms with van der Waals surface area (Å²) in [6, 6.07) is 4.64. The van der Waals surface area contributed by atoms with E-state index in [1.807, 2.05) is 29.9 Å². The summed E-state index contributed by atoms with van der Waals surface area (Å²) in [5.41, 5.74) is 1.51. The minimum Gasteiger partial charge on any atom is -0.314 e. The smallest absolute Gasteiger partial charge is 0.107 e. The van der Waals surface area contributed by atoms with Crippen molar-refractivity contribution in [1.82, 2.24) is 20.2 Å². The van der Waals surface area contributed by atoms with Crippen LogP contribution in [0.4, 0.5) is 0 Å². The third-order valence-electron chi connectivity index (χ3n) is 4.08. The fraction of sp³-hybridized carbons (Fsp3) is 0.529. The first kappa shape index (κ1) is 15.6. The molecule has 2 aromatic heterocycles. The molecule has 1 saturated heterocycles. The summed E-state index contributed by atoms with van der Waals surface area (Å²) in [6.45, 7) is 10.7. The molecule has 1 N–H and O–H groups in total. The fourth-order valence-corrected chi connectivity index (χ4v) is 3.75. The van der Waals surface area contributed by atoms with Crippen molar-refractivity contribution < 1.29 is 0 Å². The van der Waals surface area contributed by atoms with Gasteiger partial charge in [0.05, 0.1) is 6.54 Å². The Bertz CT molecular complexity index is 603. The van der Waals surface area contributed by atoms with Crippen LogP contribution in [-0.2, 0) is 12.0 Å². The van der Waals surface area contributed by atoms with Crippen LogP contribution in [0.5, 0.6) is 0 Å². The van der Waals surface area contributed by atoms with Gasteiger partial charge in [0.1, 0.15) is 5.01 Å². The lowest BCUT2D eigenvalue weighted by Gasteiger charge is -2.35. The second-order valence-corrected chi connectivity index (χ2v) is 7.95. The number of rotatable bonds is 3. The molecule has 1 unspecified atom stereocenters. The molecule has 118 valence electrons. The minimum atomic E-state index is 0.184. The van der Waals surface area contributed by atoms with Crippen molar-refractivity contribution in [3.8, 4) is 0 Å². The lowest BCUT2D eigenvalue weighted by atomic mass is 9.96. The molecule has 0 aliphatic carbocycles. The summed E-state index contributed by atoms with van der Waals surface area (Å²) in [4.78, 5) is 12.7. The quantitative estimate of drug-likeness (QED) is 0.945. The van der Waals surface area contributed by atoms with E-state index in [1.54, 1.807) is 0 Å². The third-order valence-corrected chi connectivity index (χ3v) is 5.48. The van der Waals surface area contributed by atoms with Crippen LogP contribution in [0.25, 0.3) is 0 Å². The number of piperazine rings is 1. The normalized spacial score (nSPS) is 20.2.